The van der Waals surface area contributed by atoms with Gasteiger partial charge in [-0.25, -0.2) is 0 Å². The van der Waals surface area contributed by atoms with Gasteiger partial charge in [-0.15, -0.1) is 0 Å². The van der Waals surface area contributed by atoms with Crippen LogP contribution >= 0.6 is 27.5 Å². The third-order valence-electron chi connectivity index (χ3n) is 4.83. The van der Waals surface area contributed by atoms with Crippen LogP contribution in [0.5, 0.6) is 0 Å². The minimum atomic E-state index is -0.0602. The number of rotatable bonds is 5. The number of nitrogens with one attached hydrogen (secondary N) is 1. The van der Waals surface area contributed by atoms with Gasteiger partial charge in [-0.2, -0.15) is 0 Å². The molecule has 4 nitrogen and oxygen atoms in total. The molecule has 2 aromatic rings. The lowest BCUT2D eigenvalue weighted by Crippen LogP contribution is -2.46. The number of nitrogens with zero attached hydrogens (tertiary/aromatic N) is 1. The van der Waals surface area contributed by atoms with Gasteiger partial charge >= 0.3 is 0 Å². The molecule has 1 aliphatic heterocycles. The van der Waals surface area contributed by atoms with Crippen LogP contribution in [0.3, 0.4) is 0 Å². The van der Waals surface area contributed by atoms with Gasteiger partial charge in [0.15, 0.2) is 0 Å². The van der Waals surface area contributed by atoms with Crippen molar-refractivity contribution in [2.24, 2.45) is 0 Å². The van der Waals surface area contributed by atoms with Gasteiger partial charge in [0.2, 0.25) is 5.91 Å². The van der Waals surface area contributed by atoms with E-state index in [1.54, 1.807) is 12.1 Å². The molecule has 1 aliphatic rings. The largest absolute Gasteiger partial charge is 0.349 e. The minimum Gasteiger partial charge on any atom is -0.349 e. The number of benzene rings is 2. The Morgan fingerprint density at radius 1 is 1.04 bits per heavy atom. The summed E-state index contributed by atoms with van der Waals surface area (Å²) in [6, 6.07) is 15.0. The molecule has 2 aromatic carbocycles. The average Bonchev–Trinajstić information content (AvgIpc) is 2.68. The van der Waals surface area contributed by atoms with Crippen molar-refractivity contribution in [1.82, 2.24) is 10.2 Å². The van der Waals surface area contributed by atoms with Crippen LogP contribution in [0, 0.1) is 0 Å². The number of carbonyl (C=O) groups excluding carboxylic acids is 2. The predicted molar refractivity (Wildman–Crippen MR) is 111 cm³/mol. The molecule has 6 heteroatoms. The zero-order valence-electron chi connectivity index (χ0n) is 15.0. The molecule has 1 saturated heterocycles. The number of amides is 2. The highest BCUT2D eigenvalue weighted by molar-refractivity contribution is 9.10. The van der Waals surface area contributed by atoms with E-state index in [0.717, 1.165) is 29.3 Å². The van der Waals surface area contributed by atoms with Crippen molar-refractivity contribution in [3.05, 3.63) is 69.2 Å². The lowest BCUT2D eigenvalue weighted by Gasteiger charge is -2.32. The molecule has 3 rings (SSSR count). The normalized spacial score (nSPS) is 14.8. The second kappa shape index (κ2) is 9.38. The van der Waals surface area contributed by atoms with Gasteiger partial charge in [0.25, 0.3) is 5.91 Å². The van der Waals surface area contributed by atoms with Crippen LogP contribution < -0.4 is 5.32 Å². The summed E-state index contributed by atoms with van der Waals surface area (Å²) in [5.41, 5.74) is 1.77. The fourth-order valence-corrected chi connectivity index (χ4v) is 3.59. The van der Waals surface area contributed by atoms with E-state index in [-0.39, 0.29) is 17.9 Å². The maximum absolute atomic E-state index is 12.4. The minimum absolute atomic E-state index is 0.0602. The predicted octanol–water partition coefficient (Wildman–Crippen LogP) is 4.46. The van der Waals surface area contributed by atoms with Gasteiger partial charge in [0.05, 0.1) is 0 Å². The molecular weight excluding hydrogens is 428 g/mol. The van der Waals surface area contributed by atoms with E-state index in [1.807, 2.05) is 41.3 Å². The van der Waals surface area contributed by atoms with Crippen molar-refractivity contribution in [3.63, 3.8) is 0 Å². The Labute approximate surface area is 173 Å². The van der Waals surface area contributed by atoms with Gasteiger partial charge in [0, 0.05) is 40.6 Å². The summed E-state index contributed by atoms with van der Waals surface area (Å²) in [5, 5.41) is 3.78. The van der Waals surface area contributed by atoms with Gasteiger partial charge < -0.3 is 10.2 Å². The fourth-order valence-electron chi connectivity index (χ4n) is 3.20. The molecule has 0 radical (unpaired) electrons. The second-order valence-corrected chi connectivity index (χ2v) is 8.11. The summed E-state index contributed by atoms with van der Waals surface area (Å²) in [5.74, 6) is 0.109. The van der Waals surface area contributed by atoms with Gasteiger partial charge in [-0.3, -0.25) is 9.59 Å². The third kappa shape index (κ3) is 5.81. The summed E-state index contributed by atoms with van der Waals surface area (Å²) in [6.07, 6.45) is 2.79. The van der Waals surface area contributed by atoms with Crippen LogP contribution in [-0.2, 0) is 11.2 Å². The highest BCUT2D eigenvalue weighted by atomic mass is 79.9. The quantitative estimate of drug-likeness (QED) is 0.733. The Morgan fingerprint density at radius 2 is 1.67 bits per heavy atom. The SMILES string of the molecule is O=C(NC1CCN(C(=O)CCc2ccc(Cl)cc2)CC1)c1ccc(Br)cc1. The first-order valence-corrected chi connectivity index (χ1v) is 10.3. The molecule has 0 aliphatic carbocycles. The van der Waals surface area contributed by atoms with E-state index < -0.39 is 0 Å². The van der Waals surface area contributed by atoms with Crippen LogP contribution in [0.25, 0.3) is 0 Å². The summed E-state index contributed by atoms with van der Waals surface area (Å²) in [6.45, 7) is 1.37. The summed E-state index contributed by atoms with van der Waals surface area (Å²) < 4.78 is 0.949. The van der Waals surface area contributed by atoms with Crippen LogP contribution in [0.15, 0.2) is 53.0 Å². The van der Waals surface area contributed by atoms with Crippen molar-refractivity contribution >= 4 is 39.3 Å². The molecule has 27 heavy (non-hydrogen) atoms. The molecule has 142 valence electrons. The maximum atomic E-state index is 12.4. The first-order valence-electron chi connectivity index (χ1n) is 9.10. The molecular formula is C21H22BrClN2O2. The van der Waals surface area contributed by atoms with E-state index in [0.29, 0.717) is 30.1 Å². The zero-order valence-corrected chi connectivity index (χ0v) is 17.3. The van der Waals surface area contributed by atoms with E-state index >= 15 is 0 Å². The summed E-state index contributed by atoms with van der Waals surface area (Å²) >= 11 is 9.25. The molecule has 2 amide bonds. The number of carbonyl (C=O) groups is 2. The maximum Gasteiger partial charge on any atom is 0.251 e. The highest BCUT2D eigenvalue weighted by Gasteiger charge is 2.23. The van der Waals surface area contributed by atoms with Crippen LogP contribution in [-0.4, -0.2) is 35.8 Å². The molecule has 0 aromatic heterocycles. The number of hydrogen-bond acceptors (Lipinski definition) is 2. The second-order valence-electron chi connectivity index (χ2n) is 6.76. The first kappa shape index (κ1) is 19.9. The Hall–Kier alpha value is -1.85. The highest BCUT2D eigenvalue weighted by Crippen LogP contribution is 2.16. The lowest BCUT2D eigenvalue weighted by atomic mass is 10.0. The van der Waals surface area contributed by atoms with Crippen molar-refractivity contribution in [1.29, 1.82) is 0 Å². The summed E-state index contributed by atoms with van der Waals surface area (Å²) in [7, 11) is 0. The topological polar surface area (TPSA) is 49.4 Å². The van der Waals surface area contributed by atoms with Crippen LogP contribution in [0.2, 0.25) is 5.02 Å². The van der Waals surface area contributed by atoms with E-state index in [2.05, 4.69) is 21.2 Å². The first-order chi connectivity index (χ1) is 13.0. The number of likely N-dealkylation sites (tertiary alicyclic amines) is 1. The van der Waals surface area contributed by atoms with Crippen LogP contribution in [0.4, 0.5) is 0 Å². The Kier molecular flexibility index (Phi) is 6.91. The smallest absolute Gasteiger partial charge is 0.251 e. The molecule has 0 saturated carbocycles. The third-order valence-corrected chi connectivity index (χ3v) is 5.61. The Bertz CT molecular complexity index is 785. The number of halogens is 2. The molecule has 1 N–H and O–H groups in total. The molecule has 1 heterocycles. The number of aryl methyl sites for hydroxylation is 1. The van der Waals surface area contributed by atoms with E-state index in [1.165, 1.54) is 0 Å². The Morgan fingerprint density at radius 3 is 2.30 bits per heavy atom. The van der Waals surface area contributed by atoms with E-state index in [9.17, 15) is 9.59 Å². The van der Waals surface area contributed by atoms with Crippen LogP contribution in [0.1, 0.15) is 35.2 Å². The molecule has 0 bridgehead atoms. The monoisotopic (exact) mass is 448 g/mol. The van der Waals surface area contributed by atoms with Crippen molar-refractivity contribution in [2.45, 2.75) is 31.7 Å². The standard InChI is InChI=1S/C21H22BrClN2O2/c22-17-6-4-16(5-7-17)21(27)24-19-11-13-25(14-12-19)20(26)10-3-15-1-8-18(23)9-2-15/h1-2,4-9,19H,3,10-14H2,(H,24,27). The molecule has 0 unspecified atom stereocenters. The zero-order chi connectivity index (χ0) is 19.2. The van der Waals surface area contributed by atoms with Gasteiger partial charge in [-0.1, -0.05) is 39.7 Å². The molecule has 0 spiro atoms. The van der Waals surface area contributed by atoms with E-state index in [4.69, 9.17) is 11.6 Å². The van der Waals surface area contributed by atoms with Crippen molar-refractivity contribution < 1.29 is 9.59 Å². The van der Waals surface area contributed by atoms with Crippen molar-refractivity contribution in [2.75, 3.05) is 13.1 Å². The lowest BCUT2D eigenvalue weighted by molar-refractivity contribution is -0.132. The number of piperidine rings is 1. The summed E-state index contributed by atoms with van der Waals surface area (Å²) in [4.78, 5) is 26.6. The Balaban J connectivity index is 1.42. The molecule has 0 atom stereocenters. The fraction of sp³-hybridized carbons (Fsp3) is 0.333. The molecule has 1 fully saturated rings. The average molecular weight is 450 g/mol. The van der Waals surface area contributed by atoms with Crippen molar-refractivity contribution in [3.8, 4) is 0 Å². The van der Waals surface area contributed by atoms with Gasteiger partial charge in [0.1, 0.15) is 0 Å². The van der Waals surface area contributed by atoms with Gasteiger partial charge in [-0.05, 0) is 61.2 Å². The number of hydrogen-bond donors (Lipinski definition) is 1.